The first-order chi connectivity index (χ1) is 8.60. The average molecular weight is 291 g/mol. The lowest BCUT2D eigenvalue weighted by Gasteiger charge is -2.32. The number of amides is 2. The van der Waals surface area contributed by atoms with Crippen LogP contribution < -0.4 is 5.32 Å². The third-order valence-corrected chi connectivity index (χ3v) is 4.15. The topological polar surface area (TPSA) is 71.0 Å². The number of oxime groups is 1. The molecular formula is C10H17N3O3S2. The summed E-state index contributed by atoms with van der Waals surface area (Å²) in [6.45, 7) is 2.68. The number of hydrogen-bond donors (Lipinski definition) is 1. The molecule has 102 valence electrons. The van der Waals surface area contributed by atoms with E-state index in [1.54, 1.807) is 16.7 Å². The van der Waals surface area contributed by atoms with E-state index in [0.29, 0.717) is 6.54 Å². The minimum absolute atomic E-state index is 0.170. The summed E-state index contributed by atoms with van der Waals surface area (Å²) < 4.78 is 0. The van der Waals surface area contributed by atoms with Crippen molar-refractivity contribution >= 4 is 40.6 Å². The maximum absolute atomic E-state index is 12.1. The molecule has 1 fully saturated rings. The SMILES string of the molecule is CNC(=O)ON=C1SCC(C)N(CCSC)C1=O. The van der Waals surface area contributed by atoms with E-state index in [4.69, 9.17) is 0 Å². The van der Waals surface area contributed by atoms with Crippen molar-refractivity contribution in [3.05, 3.63) is 0 Å². The summed E-state index contributed by atoms with van der Waals surface area (Å²) in [6, 6.07) is 0.175. The molecule has 0 aromatic carbocycles. The molecule has 1 atom stereocenters. The fraction of sp³-hybridized carbons (Fsp3) is 0.700. The van der Waals surface area contributed by atoms with Gasteiger partial charge in [-0.05, 0) is 13.2 Å². The molecule has 1 N–H and O–H groups in total. The zero-order valence-electron chi connectivity index (χ0n) is 10.6. The molecule has 18 heavy (non-hydrogen) atoms. The first-order valence-corrected chi connectivity index (χ1v) is 7.87. The molecule has 0 radical (unpaired) electrons. The second kappa shape index (κ2) is 7.52. The van der Waals surface area contributed by atoms with E-state index in [2.05, 4.69) is 15.3 Å². The fourth-order valence-electron chi connectivity index (χ4n) is 1.38. The van der Waals surface area contributed by atoms with Crippen LogP contribution in [0.25, 0.3) is 0 Å². The Hall–Kier alpha value is -0.890. The number of rotatable bonds is 4. The van der Waals surface area contributed by atoms with Crippen molar-refractivity contribution in [1.82, 2.24) is 10.2 Å². The predicted molar refractivity (Wildman–Crippen MR) is 75.0 cm³/mol. The average Bonchev–Trinajstić information content (AvgIpc) is 2.37. The summed E-state index contributed by atoms with van der Waals surface area (Å²) in [6.07, 6.45) is 1.32. The van der Waals surface area contributed by atoms with Gasteiger partial charge in [-0.25, -0.2) is 4.79 Å². The zero-order valence-corrected chi connectivity index (χ0v) is 12.3. The second-order valence-electron chi connectivity index (χ2n) is 3.68. The number of carbonyl (C=O) groups excluding carboxylic acids is 2. The van der Waals surface area contributed by atoms with Crippen molar-refractivity contribution in [1.29, 1.82) is 0 Å². The smallest absolute Gasteiger partial charge is 0.332 e. The van der Waals surface area contributed by atoms with Crippen molar-refractivity contribution < 1.29 is 14.4 Å². The number of thioether (sulfide) groups is 2. The fourth-order valence-corrected chi connectivity index (χ4v) is 2.67. The van der Waals surface area contributed by atoms with Gasteiger partial charge in [-0.1, -0.05) is 16.9 Å². The van der Waals surface area contributed by atoms with Gasteiger partial charge < -0.3 is 10.2 Å². The van der Waals surface area contributed by atoms with Crippen LogP contribution in [0.5, 0.6) is 0 Å². The molecule has 0 spiro atoms. The molecule has 1 unspecified atom stereocenters. The summed E-state index contributed by atoms with van der Waals surface area (Å²) in [5.74, 6) is 1.47. The number of nitrogens with zero attached hydrogens (tertiary/aromatic N) is 2. The van der Waals surface area contributed by atoms with Gasteiger partial charge in [0.15, 0.2) is 0 Å². The first-order valence-electron chi connectivity index (χ1n) is 5.49. The third kappa shape index (κ3) is 4.09. The summed E-state index contributed by atoms with van der Waals surface area (Å²) in [4.78, 5) is 29.3. The van der Waals surface area contributed by atoms with Gasteiger partial charge >= 0.3 is 6.09 Å². The molecule has 0 aromatic rings. The van der Waals surface area contributed by atoms with E-state index in [1.165, 1.54) is 18.8 Å². The highest BCUT2D eigenvalue weighted by atomic mass is 32.2. The monoisotopic (exact) mass is 291 g/mol. The lowest BCUT2D eigenvalue weighted by atomic mass is 10.3. The molecule has 1 rings (SSSR count). The van der Waals surface area contributed by atoms with E-state index in [-0.39, 0.29) is 17.0 Å². The quantitative estimate of drug-likeness (QED) is 0.617. The number of nitrogens with one attached hydrogen (secondary N) is 1. The van der Waals surface area contributed by atoms with Crippen LogP contribution >= 0.6 is 23.5 Å². The molecule has 1 heterocycles. The molecule has 0 saturated carbocycles. The van der Waals surface area contributed by atoms with Crippen molar-refractivity contribution in [2.75, 3.05) is 31.4 Å². The largest absolute Gasteiger partial charge is 0.433 e. The van der Waals surface area contributed by atoms with Crippen LogP contribution in [0.3, 0.4) is 0 Å². The molecule has 8 heteroatoms. The molecule has 1 aliphatic heterocycles. The molecule has 0 bridgehead atoms. The van der Waals surface area contributed by atoms with E-state index < -0.39 is 6.09 Å². The molecule has 0 aliphatic carbocycles. The van der Waals surface area contributed by atoms with Crippen LogP contribution in [-0.4, -0.2) is 59.3 Å². The highest BCUT2D eigenvalue weighted by molar-refractivity contribution is 8.15. The van der Waals surface area contributed by atoms with E-state index in [9.17, 15) is 9.59 Å². The standard InChI is InChI=1S/C10H17N3O3S2/c1-7-6-18-8(12-16-10(15)11-2)9(14)13(7)4-5-17-3/h7H,4-6H2,1-3H3,(H,11,15). The van der Waals surface area contributed by atoms with Gasteiger partial charge in [-0.2, -0.15) is 11.8 Å². The maximum atomic E-state index is 12.1. The maximum Gasteiger partial charge on any atom is 0.433 e. The number of carbonyl (C=O) groups is 2. The lowest BCUT2D eigenvalue weighted by Crippen LogP contribution is -2.48. The molecule has 1 aliphatic rings. The minimum Gasteiger partial charge on any atom is -0.332 e. The van der Waals surface area contributed by atoms with Gasteiger partial charge in [0.2, 0.25) is 5.04 Å². The van der Waals surface area contributed by atoms with E-state index in [0.717, 1.165) is 11.5 Å². The second-order valence-corrected chi connectivity index (χ2v) is 5.67. The van der Waals surface area contributed by atoms with Crippen molar-refractivity contribution in [3.8, 4) is 0 Å². The van der Waals surface area contributed by atoms with Crippen molar-refractivity contribution in [3.63, 3.8) is 0 Å². The van der Waals surface area contributed by atoms with Crippen LogP contribution in [-0.2, 0) is 9.63 Å². The normalized spacial score (nSPS) is 22.2. The Morgan fingerprint density at radius 2 is 2.44 bits per heavy atom. The van der Waals surface area contributed by atoms with E-state index in [1.807, 2.05) is 13.2 Å². The Labute approximate surface area is 115 Å². The summed E-state index contributed by atoms with van der Waals surface area (Å²) in [5, 5.41) is 6.10. The summed E-state index contributed by atoms with van der Waals surface area (Å²) in [5.41, 5.74) is 0. The third-order valence-electron chi connectivity index (χ3n) is 2.39. The Kier molecular flexibility index (Phi) is 6.34. The Morgan fingerprint density at radius 1 is 1.72 bits per heavy atom. The van der Waals surface area contributed by atoms with E-state index >= 15 is 0 Å². The highest BCUT2D eigenvalue weighted by Gasteiger charge is 2.31. The molecule has 6 nitrogen and oxygen atoms in total. The van der Waals surface area contributed by atoms with Gasteiger partial charge in [0.1, 0.15) is 0 Å². The molecule has 2 amide bonds. The molecular weight excluding hydrogens is 274 g/mol. The van der Waals surface area contributed by atoms with Crippen LogP contribution in [0.15, 0.2) is 5.16 Å². The van der Waals surface area contributed by atoms with Crippen LogP contribution in [0.2, 0.25) is 0 Å². The lowest BCUT2D eigenvalue weighted by molar-refractivity contribution is -0.125. The molecule has 1 saturated heterocycles. The van der Waals surface area contributed by atoms with Gasteiger partial charge in [0.05, 0.1) is 0 Å². The van der Waals surface area contributed by atoms with Crippen LogP contribution in [0.1, 0.15) is 6.92 Å². The van der Waals surface area contributed by atoms with Gasteiger partial charge in [-0.15, -0.1) is 0 Å². The Morgan fingerprint density at radius 3 is 3.06 bits per heavy atom. The van der Waals surface area contributed by atoms with Crippen LogP contribution in [0.4, 0.5) is 4.79 Å². The summed E-state index contributed by atoms with van der Waals surface area (Å²) in [7, 11) is 1.44. The summed E-state index contributed by atoms with van der Waals surface area (Å²) >= 11 is 3.00. The van der Waals surface area contributed by atoms with Crippen molar-refractivity contribution in [2.45, 2.75) is 13.0 Å². The first kappa shape index (κ1) is 15.2. The van der Waals surface area contributed by atoms with Crippen LogP contribution in [0, 0.1) is 0 Å². The van der Waals surface area contributed by atoms with Gasteiger partial charge in [0.25, 0.3) is 5.91 Å². The Balaban J connectivity index is 2.66. The minimum atomic E-state index is -0.676. The Bertz CT molecular complexity index is 349. The number of hydrogen-bond acceptors (Lipinski definition) is 6. The predicted octanol–water partition coefficient (Wildman–Crippen LogP) is 0.983. The zero-order chi connectivity index (χ0) is 13.5. The van der Waals surface area contributed by atoms with Gasteiger partial charge in [0, 0.05) is 31.1 Å². The van der Waals surface area contributed by atoms with Gasteiger partial charge in [-0.3, -0.25) is 9.63 Å². The molecule has 0 aromatic heterocycles. The van der Waals surface area contributed by atoms with Crippen molar-refractivity contribution in [2.24, 2.45) is 5.16 Å². The highest BCUT2D eigenvalue weighted by Crippen LogP contribution is 2.20.